The third-order valence-corrected chi connectivity index (χ3v) is 7.19. The van der Waals surface area contributed by atoms with Gasteiger partial charge in [-0.2, -0.15) is 10.2 Å². The van der Waals surface area contributed by atoms with E-state index in [-0.39, 0.29) is 12.1 Å². The van der Waals surface area contributed by atoms with Gasteiger partial charge in [0.25, 0.3) is 0 Å². The number of hydrogen-bond donors (Lipinski definition) is 1. The van der Waals surface area contributed by atoms with Gasteiger partial charge in [0.1, 0.15) is 11.6 Å². The van der Waals surface area contributed by atoms with Gasteiger partial charge in [-0.25, -0.2) is 9.97 Å². The van der Waals surface area contributed by atoms with Crippen molar-refractivity contribution in [2.45, 2.75) is 32.9 Å². The Morgan fingerprint density at radius 2 is 1.87 bits per heavy atom. The van der Waals surface area contributed by atoms with Crippen molar-refractivity contribution in [2.24, 2.45) is 5.73 Å². The van der Waals surface area contributed by atoms with Gasteiger partial charge in [-0.05, 0) is 44.5 Å². The monoisotopic (exact) mass is 512 g/mol. The quantitative estimate of drug-likeness (QED) is 0.549. The number of amides is 1. The smallest absolute Gasteiger partial charge is 0.250 e. The molecule has 10 nitrogen and oxygen atoms in total. The van der Waals surface area contributed by atoms with Gasteiger partial charge in [0.05, 0.1) is 42.1 Å². The molecule has 2 N–H and O–H groups in total. The van der Waals surface area contributed by atoms with Crippen LogP contribution in [0.2, 0.25) is 0 Å². The zero-order valence-electron chi connectivity index (χ0n) is 22.0. The number of morpholine rings is 1. The highest BCUT2D eigenvalue weighted by molar-refractivity contribution is 5.93. The largest absolute Gasteiger partial charge is 0.377 e. The summed E-state index contributed by atoms with van der Waals surface area (Å²) in [6, 6.07) is 13.8. The van der Waals surface area contributed by atoms with Crippen LogP contribution >= 0.6 is 0 Å². The second-order valence-corrected chi connectivity index (χ2v) is 9.94. The lowest BCUT2D eigenvalue weighted by atomic mass is 10.1. The van der Waals surface area contributed by atoms with Crippen molar-refractivity contribution in [3.05, 3.63) is 59.3 Å². The second kappa shape index (κ2) is 10.6. The number of nitrogens with two attached hydrogens (primary N) is 1. The van der Waals surface area contributed by atoms with Crippen LogP contribution < -0.4 is 20.4 Å². The van der Waals surface area contributed by atoms with E-state index in [1.54, 1.807) is 12.3 Å². The Hall–Kier alpha value is -4.23. The molecular weight excluding hydrogens is 480 g/mol. The zero-order chi connectivity index (χ0) is 26.8. The molecule has 2 saturated heterocycles. The zero-order valence-corrected chi connectivity index (χ0v) is 22.0. The molecule has 4 heterocycles. The lowest BCUT2D eigenvalue weighted by Gasteiger charge is -2.42. The molecule has 10 heteroatoms. The van der Waals surface area contributed by atoms with Gasteiger partial charge in [-0.15, -0.1) is 0 Å². The Morgan fingerprint density at radius 3 is 2.53 bits per heavy atom. The maximum absolute atomic E-state index is 11.5. The number of primary amides is 1. The third kappa shape index (κ3) is 5.10. The van der Waals surface area contributed by atoms with Crippen LogP contribution in [0.4, 0.5) is 17.6 Å². The summed E-state index contributed by atoms with van der Waals surface area (Å²) < 4.78 is 5.65. The maximum Gasteiger partial charge on any atom is 0.250 e. The number of piperazine rings is 1. The van der Waals surface area contributed by atoms with E-state index in [9.17, 15) is 10.1 Å². The molecule has 2 aliphatic rings. The number of anilines is 3. The van der Waals surface area contributed by atoms with Crippen LogP contribution in [-0.4, -0.2) is 72.3 Å². The van der Waals surface area contributed by atoms with E-state index in [4.69, 9.17) is 20.4 Å². The summed E-state index contributed by atoms with van der Waals surface area (Å²) >= 11 is 0. The minimum absolute atomic E-state index is 0.152. The summed E-state index contributed by atoms with van der Waals surface area (Å²) in [5, 5.41) is 9.21. The van der Waals surface area contributed by atoms with Gasteiger partial charge in [0, 0.05) is 50.0 Å². The Morgan fingerprint density at radius 1 is 1.08 bits per heavy atom. The van der Waals surface area contributed by atoms with Crippen molar-refractivity contribution >= 4 is 23.5 Å². The highest BCUT2D eigenvalue weighted by Gasteiger charge is 2.29. The molecule has 1 amide bonds. The average Bonchev–Trinajstić information content (AvgIpc) is 2.93. The number of carbonyl (C=O) groups is 1. The Labute approximate surface area is 222 Å². The molecular formula is C28H32N8O2. The van der Waals surface area contributed by atoms with Crippen molar-refractivity contribution in [3.63, 3.8) is 0 Å². The van der Waals surface area contributed by atoms with Gasteiger partial charge < -0.3 is 25.2 Å². The van der Waals surface area contributed by atoms with E-state index in [2.05, 4.69) is 39.6 Å². The van der Waals surface area contributed by atoms with E-state index in [0.717, 1.165) is 54.6 Å². The molecule has 196 valence electrons. The van der Waals surface area contributed by atoms with Crippen LogP contribution in [0.5, 0.6) is 0 Å². The molecule has 0 spiro atoms. The fourth-order valence-electron chi connectivity index (χ4n) is 5.11. The molecule has 0 unspecified atom stereocenters. The van der Waals surface area contributed by atoms with Crippen LogP contribution in [0.25, 0.3) is 11.3 Å². The molecule has 0 bridgehead atoms. The molecule has 0 aliphatic carbocycles. The first-order valence-electron chi connectivity index (χ1n) is 12.9. The van der Waals surface area contributed by atoms with Gasteiger partial charge in [-0.1, -0.05) is 12.1 Å². The maximum atomic E-state index is 11.5. The molecule has 2 aromatic heterocycles. The number of rotatable bonds is 5. The lowest BCUT2D eigenvalue weighted by Crippen LogP contribution is -2.53. The number of nitriles is 1. The molecule has 0 radical (unpaired) electrons. The summed E-state index contributed by atoms with van der Waals surface area (Å²) in [6.07, 6.45) is 1.55. The summed E-state index contributed by atoms with van der Waals surface area (Å²) in [7, 11) is 0. The summed E-state index contributed by atoms with van der Waals surface area (Å²) in [5.41, 5.74) is 9.14. The topological polar surface area (TPSA) is 124 Å². The highest BCUT2D eigenvalue weighted by atomic mass is 16.5. The molecule has 5 rings (SSSR count). The molecule has 2 atom stereocenters. The number of nitrogens with zero attached hydrogens (tertiary/aromatic N) is 7. The number of carbonyl (C=O) groups excluding carboxylic acids is 1. The van der Waals surface area contributed by atoms with Crippen molar-refractivity contribution < 1.29 is 9.53 Å². The van der Waals surface area contributed by atoms with Crippen LogP contribution in [0.3, 0.4) is 0 Å². The van der Waals surface area contributed by atoms with E-state index in [0.29, 0.717) is 30.3 Å². The second-order valence-electron chi connectivity index (χ2n) is 9.94. The van der Waals surface area contributed by atoms with Gasteiger partial charge in [0.2, 0.25) is 11.9 Å². The highest BCUT2D eigenvalue weighted by Crippen LogP contribution is 2.30. The van der Waals surface area contributed by atoms with Gasteiger partial charge in [-0.3, -0.25) is 4.79 Å². The van der Waals surface area contributed by atoms with Crippen molar-refractivity contribution in [1.29, 1.82) is 5.26 Å². The Bertz CT molecular complexity index is 1370. The Kier molecular flexibility index (Phi) is 7.11. The first-order chi connectivity index (χ1) is 18.3. The average molecular weight is 513 g/mol. The van der Waals surface area contributed by atoms with Crippen LogP contribution in [-0.2, 0) is 4.74 Å². The lowest BCUT2D eigenvalue weighted by molar-refractivity contribution is 0.0981. The van der Waals surface area contributed by atoms with Crippen molar-refractivity contribution in [2.75, 3.05) is 54.1 Å². The van der Waals surface area contributed by atoms with Crippen molar-refractivity contribution in [1.82, 2.24) is 15.0 Å². The number of ether oxygens (including phenoxy) is 1. The van der Waals surface area contributed by atoms with E-state index < -0.39 is 5.91 Å². The number of aryl methyl sites for hydroxylation is 1. The normalized spacial score (nSPS) is 19.8. The standard InChI is InChI=1S/C28H32N8O2/c1-18-12-23(26(30)37)15-31-27(18)34-8-9-35(19(2)16-34)25-13-24(22-6-4-21(14-29)5-7-22)32-28(33-25)36-10-11-38-17-20(36)3/h4-7,12-13,15,19-20H,8-11,16-17H2,1-3H3,(H2,30,37)/t19-,20+/m1/s1. The molecule has 2 fully saturated rings. The van der Waals surface area contributed by atoms with Crippen LogP contribution in [0, 0.1) is 18.3 Å². The molecule has 38 heavy (non-hydrogen) atoms. The molecule has 2 aliphatic heterocycles. The SMILES string of the molecule is Cc1cc(C(N)=O)cnc1N1CCN(c2cc(-c3ccc(C#N)cc3)nc(N3CCOC[C@@H]3C)n2)[C@H](C)C1. The predicted molar refractivity (Wildman–Crippen MR) is 146 cm³/mol. The van der Waals surface area contributed by atoms with E-state index >= 15 is 0 Å². The van der Waals surface area contributed by atoms with Gasteiger partial charge in [0.15, 0.2) is 0 Å². The fourth-order valence-corrected chi connectivity index (χ4v) is 5.11. The minimum atomic E-state index is -0.474. The predicted octanol–water partition coefficient (Wildman–Crippen LogP) is 2.76. The van der Waals surface area contributed by atoms with Crippen LogP contribution in [0.15, 0.2) is 42.6 Å². The van der Waals surface area contributed by atoms with Gasteiger partial charge >= 0.3 is 0 Å². The number of aromatic nitrogens is 3. The molecule has 3 aromatic rings. The molecule has 0 saturated carbocycles. The minimum Gasteiger partial charge on any atom is -0.377 e. The van der Waals surface area contributed by atoms with Crippen LogP contribution in [0.1, 0.15) is 35.3 Å². The fraction of sp³-hybridized carbons (Fsp3) is 0.393. The first kappa shape index (κ1) is 25.4. The summed E-state index contributed by atoms with van der Waals surface area (Å²) in [4.78, 5) is 32.8. The van der Waals surface area contributed by atoms with E-state index in [1.807, 2.05) is 37.3 Å². The summed E-state index contributed by atoms with van der Waals surface area (Å²) in [5.74, 6) is 1.95. The number of benzene rings is 1. The molecule has 1 aromatic carbocycles. The van der Waals surface area contributed by atoms with Crippen molar-refractivity contribution in [3.8, 4) is 17.3 Å². The first-order valence-corrected chi connectivity index (χ1v) is 12.9. The summed E-state index contributed by atoms with van der Waals surface area (Å²) in [6.45, 7) is 10.5. The third-order valence-electron chi connectivity index (χ3n) is 7.19. The van der Waals surface area contributed by atoms with E-state index in [1.165, 1.54) is 0 Å². The Balaban J connectivity index is 1.45. The number of pyridine rings is 1. The number of hydrogen-bond acceptors (Lipinski definition) is 9.